The first-order chi connectivity index (χ1) is 10.1. The van der Waals surface area contributed by atoms with Gasteiger partial charge in [0.05, 0.1) is 12.2 Å². The number of rotatable bonds is 4. The molecule has 2 nitrogen and oxygen atoms in total. The third-order valence-electron chi connectivity index (χ3n) is 7.03. The molecule has 0 unspecified atom stereocenters. The minimum absolute atomic E-state index is 0.125. The number of aliphatic hydroxyl groups is 2. The fraction of sp³-hybridized carbons (Fsp3) is 0.900. The van der Waals surface area contributed by atoms with Crippen LogP contribution in [0.25, 0.3) is 0 Å². The highest BCUT2D eigenvalue weighted by molar-refractivity contribution is 5.09. The Hall–Kier alpha value is -0.340. The van der Waals surface area contributed by atoms with Crippen LogP contribution in [0.15, 0.2) is 11.6 Å². The van der Waals surface area contributed by atoms with Crippen molar-refractivity contribution in [2.75, 3.05) is 6.61 Å². The molecule has 0 bridgehead atoms. The summed E-state index contributed by atoms with van der Waals surface area (Å²) in [6.45, 7) is 11.6. The summed E-state index contributed by atoms with van der Waals surface area (Å²) >= 11 is 0. The van der Waals surface area contributed by atoms with E-state index in [2.05, 4.69) is 34.6 Å². The average Bonchev–Trinajstić information content (AvgIpc) is 2.36. The molecule has 0 amide bonds. The van der Waals surface area contributed by atoms with Gasteiger partial charge in [0.1, 0.15) is 0 Å². The van der Waals surface area contributed by atoms with Crippen molar-refractivity contribution >= 4 is 0 Å². The normalized spacial score (nSPS) is 42.0. The molecule has 0 aromatic rings. The van der Waals surface area contributed by atoms with Crippen LogP contribution in [0.3, 0.4) is 0 Å². The van der Waals surface area contributed by atoms with Crippen LogP contribution in [0.1, 0.15) is 79.6 Å². The van der Waals surface area contributed by atoms with Gasteiger partial charge >= 0.3 is 0 Å². The standard InChI is InChI=1S/C20H36O2/c1-15(10-14-21)7-8-17-19(4)12-6-11-18(2,3)16(19)9-13-20(17,5)22/h10,16-17,21-22H,6-9,11-14H2,1-5H3/b15-10+/t16-,17-,19+,20-/m1/s1. The highest BCUT2D eigenvalue weighted by atomic mass is 16.3. The van der Waals surface area contributed by atoms with Crippen molar-refractivity contribution in [3.63, 3.8) is 0 Å². The van der Waals surface area contributed by atoms with Gasteiger partial charge in [0.2, 0.25) is 0 Å². The SMILES string of the molecule is C/C(=C\CO)CC[C@@H]1[C@@]2(C)CCCC(C)(C)[C@H]2CC[C@@]1(C)O. The lowest BCUT2D eigenvalue weighted by Crippen LogP contribution is -2.57. The highest BCUT2D eigenvalue weighted by Gasteiger charge is 2.57. The Morgan fingerprint density at radius 2 is 1.82 bits per heavy atom. The van der Waals surface area contributed by atoms with Crippen molar-refractivity contribution in [2.45, 2.75) is 85.2 Å². The summed E-state index contributed by atoms with van der Waals surface area (Å²) in [5, 5.41) is 20.1. The molecule has 0 radical (unpaired) electrons. The maximum atomic E-state index is 11.1. The van der Waals surface area contributed by atoms with Crippen LogP contribution in [-0.4, -0.2) is 22.4 Å². The predicted octanol–water partition coefficient (Wildman–Crippen LogP) is 4.70. The third-order valence-corrected chi connectivity index (χ3v) is 7.03. The summed E-state index contributed by atoms with van der Waals surface area (Å²) in [5.41, 5.74) is 1.36. The quantitative estimate of drug-likeness (QED) is 0.739. The van der Waals surface area contributed by atoms with Gasteiger partial charge in [0.25, 0.3) is 0 Å². The molecule has 0 saturated heterocycles. The zero-order valence-electron chi connectivity index (χ0n) is 15.3. The molecule has 4 atom stereocenters. The van der Waals surface area contributed by atoms with E-state index in [9.17, 15) is 5.11 Å². The molecule has 0 aromatic heterocycles. The second-order valence-corrected chi connectivity index (χ2v) is 9.12. The molecule has 2 aliphatic carbocycles. The number of allylic oxidation sites excluding steroid dienone is 1. The Labute approximate surface area is 137 Å². The van der Waals surface area contributed by atoms with Gasteiger partial charge in [-0.25, -0.2) is 0 Å². The maximum absolute atomic E-state index is 11.1. The van der Waals surface area contributed by atoms with Crippen LogP contribution < -0.4 is 0 Å². The summed E-state index contributed by atoms with van der Waals surface area (Å²) in [4.78, 5) is 0. The van der Waals surface area contributed by atoms with Crippen molar-refractivity contribution < 1.29 is 10.2 Å². The molecule has 2 fully saturated rings. The molecule has 2 saturated carbocycles. The first-order valence-corrected chi connectivity index (χ1v) is 9.12. The molecule has 2 rings (SSSR count). The van der Waals surface area contributed by atoms with E-state index in [4.69, 9.17) is 5.11 Å². The van der Waals surface area contributed by atoms with E-state index in [0.29, 0.717) is 11.3 Å². The van der Waals surface area contributed by atoms with Gasteiger partial charge in [-0.05, 0) is 75.0 Å². The zero-order valence-corrected chi connectivity index (χ0v) is 15.3. The summed E-state index contributed by atoms with van der Waals surface area (Å²) in [6.07, 6.45) is 9.90. The van der Waals surface area contributed by atoms with Crippen molar-refractivity contribution in [1.82, 2.24) is 0 Å². The predicted molar refractivity (Wildman–Crippen MR) is 92.7 cm³/mol. The van der Waals surface area contributed by atoms with Gasteiger partial charge in [-0.15, -0.1) is 0 Å². The first kappa shape index (κ1) is 18.0. The molecule has 0 heterocycles. The summed E-state index contributed by atoms with van der Waals surface area (Å²) in [5.74, 6) is 1.08. The van der Waals surface area contributed by atoms with Gasteiger partial charge < -0.3 is 10.2 Å². The first-order valence-electron chi connectivity index (χ1n) is 9.12. The lowest BCUT2D eigenvalue weighted by Gasteiger charge is -2.61. The molecule has 128 valence electrons. The van der Waals surface area contributed by atoms with E-state index < -0.39 is 5.60 Å². The number of hydrogen-bond donors (Lipinski definition) is 2. The topological polar surface area (TPSA) is 40.5 Å². The van der Waals surface area contributed by atoms with Gasteiger partial charge in [0, 0.05) is 0 Å². The van der Waals surface area contributed by atoms with Crippen LogP contribution in [0.4, 0.5) is 0 Å². The second kappa shape index (κ2) is 6.28. The number of hydrogen-bond acceptors (Lipinski definition) is 2. The van der Waals surface area contributed by atoms with Crippen molar-refractivity contribution in [2.24, 2.45) is 22.7 Å². The van der Waals surface area contributed by atoms with E-state index in [1.165, 1.54) is 31.3 Å². The summed E-state index contributed by atoms with van der Waals surface area (Å²) in [7, 11) is 0. The smallest absolute Gasteiger partial charge is 0.0653 e. The minimum Gasteiger partial charge on any atom is -0.392 e. The van der Waals surface area contributed by atoms with E-state index in [1.807, 2.05) is 6.08 Å². The maximum Gasteiger partial charge on any atom is 0.0653 e. The average molecular weight is 309 g/mol. The molecule has 2 aliphatic rings. The Kier molecular flexibility index (Phi) is 5.14. The van der Waals surface area contributed by atoms with E-state index in [1.54, 1.807) is 0 Å². The van der Waals surface area contributed by atoms with Crippen LogP contribution in [0.5, 0.6) is 0 Å². The minimum atomic E-state index is -0.543. The molecule has 0 aromatic carbocycles. The van der Waals surface area contributed by atoms with Crippen molar-refractivity contribution in [3.8, 4) is 0 Å². The number of aliphatic hydroxyl groups excluding tert-OH is 1. The molecule has 22 heavy (non-hydrogen) atoms. The lowest BCUT2D eigenvalue weighted by atomic mass is 9.45. The Bertz CT molecular complexity index is 421. The van der Waals surface area contributed by atoms with Crippen LogP contribution >= 0.6 is 0 Å². The fourth-order valence-electron chi connectivity index (χ4n) is 5.90. The molecular weight excluding hydrogens is 272 g/mol. The van der Waals surface area contributed by atoms with Gasteiger partial charge in [-0.1, -0.05) is 38.8 Å². The summed E-state index contributed by atoms with van der Waals surface area (Å²) < 4.78 is 0. The number of fused-ring (bicyclic) bond motifs is 1. The largest absolute Gasteiger partial charge is 0.392 e. The highest BCUT2D eigenvalue weighted by Crippen LogP contribution is 2.62. The fourth-order valence-corrected chi connectivity index (χ4v) is 5.90. The Morgan fingerprint density at radius 1 is 1.14 bits per heavy atom. The van der Waals surface area contributed by atoms with Gasteiger partial charge in [-0.2, -0.15) is 0 Å². The monoisotopic (exact) mass is 308 g/mol. The third kappa shape index (κ3) is 3.28. The van der Waals surface area contributed by atoms with Crippen molar-refractivity contribution in [3.05, 3.63) is 11.6 Å². The second-order valence-electron chi connectivity index (χ2n) is 9.12. The van der Waals surface area contributed by atoms with Crippen molar-refractivity contribution in [1.29, 1.82) is 0 Å². The molecule has 0 spiro atoms. The molecule has 2 heteroatoms. The molecular formula is C20H36O2. The molecule has 0 aliphatic heterocycles. The Balaban J connectivity index is 2.24. The van der Waals surface area contributed by atoms with E-state index in [-0.39, 0.29) is 12.0 Å². The van der Waals surface area contributed by atoms with Gasteiger partial charge in [-0.3, -0.25) is 0 Å². The summed E-state index contributed by atoms with van der Waals surface area (Å²) in [6, 6.07) is 0. The van der Waals surface area contributed by atoms with Crippen LogP contribution in [0.2, 0.25) is 0 Å². The van der Waals surface area contributed by atoms with E-state index in [0.717, 1.165) is 25.2 Å². The van der Waals surface area contributed by atoms with E-state index >= 15 is 0 Å². The van der Waals surface area contributed by atoms with Crippen LogP contribution in [-0.2, 0) is 0 Å². The van der Waals surface area contributed by atoms with Gasteiger partial charge in [0.15, 0.2) is 0 Å². The van der Waals surface area contributed by atoms with Crippen LogP contribution in [0, 0.1) is 22.7 Å². The Morgan fingerprint density at radius 3 is 2.45 bits per heavy atom. The molecule has 2 N–H and O–H groups in total. The zero-order chi connectivity index (χ0) is 16.6. The lowest BCUT2D eigenvalue weighted by molar-refractivity contribution is -0.168.